The first-order chi connectivity index (χ1) is 34.7. The van der Waals surface area contributed by atoms with E-state index in [1.165, 1.54) is 65.9 Å². The summed E-state index contributed by atoms with van der Waals surface area (Å²) in [4.78, 5) is 15.7. The average molecular weight is 953 g/mol. The minimum Gasteiger partial charge on any atom is -0.309 e. The molecule has 0 bridgehead atoms. The van der Waals surface area contributed by atoms with Crippen LogP contribution in [0.25, 0.3) is 106 Å². The molecular weight excluding hydrogens is 889 g/mol. The summed E-state index contributed by atoms with van der Waals surface area (Å²) in [5.74, 6) is 1.81. The number of nitrogens with zero attached hydrogens (tertiary/aromatic N) is 6. The molecule has 0 atom stereocenters. The van der Waals surface area contributed by atoms with E-state index in [-0.39, 0.29) is 21.7 Å². The fourth-order valence-electron chi connectivity index (χ4n) is 10.9. The number of fused-ring (bicyclic) bond motifs is 9. The van der Waals surface area contributed by atoms with Crippen LogP contribution in [-0.4, -0.2) is 28.7 Å². The van der Waals surface area contributed by atoms with Crippen LogP contribution in [0.5, 0.6) is 0 Å². The lowest BCUT2D eigenvalue weighted by Crippen LogP contribution is -2.10. The van der Waals surface area contributed by atoms with Gasteiger partial charge in [0.15, 0.2) is 11.6 Å². The summed E-state index contributed by atoms with van der Waals surface area (Å²) in [5.41, 5.74) is 16.1. The van der Waals surface area contributed by atoms with Crippen LogP contribution in [0, 0.1) is 0 Å². The fraction of sp³-hybridized carbons (Fsp3) is 0.239. The molecule has 0 aliphatic rings. The normalized spacial score (nSPS) is 12.9. The number of hydrogen-bond acceptors (Lipinski definition) is 3. The molecule has 0 saturated carbocycles. The molecule has 0 aliphatic carbocycles. The lowest BCUT2D eigenvalue weighted by atomic mass is 9.85. The number of aromatic nitrogens is 6. The minimum absolute atomic E-state index is 0.00138. The maximum atomic E-state index is 5.32. The first-order valence-electron chi connectivity index (χ1n) is 25.9. The van der Waals surface area contributed by atoms with Gasteiger partial charge in [0.1, 0.15) is 0 Å². The molecule has 6 heteroatoms. The zero-order valence-electron chi connectivity index (χ0n) is 44.3. The van der Waals surface area contributed by atoms with Crippen LogP contribution in [0.4, 0.5) is 0 Å². The number of rotatable bonds is 5. The third-order valence-corrected chi connectivity index (χ3v) is 15.1. The first kappa shape index (κ1) is 46.3. The summed E-state index contributed by atoms with van der Waals surface area (Å²) in [6.45, 7) is 27.6. The molecule has 8 aromatic carbocycles. The molecule has 73 heavy (non-hydrogen) atoms. The standard InChI is InChI=1S/C67H64N6/c1-64(2,3)43-23-29-55-49(35-43)50-36-44(65(4,5)6)24-30-56(50)71(55)47-27-33-59-53(39-47)54-40-48(72-57-31-25-45(66(7,8)9)37-51(57)52-38-46(67(10,11)12)26-32-58(52)72)28-34-60(54)73(59)63-69-61(41-19-15-13-16-20-41)68-62(70-63)42-21-17-14-18-22-42/h13-40H,1-12H3. The molecule has 362 valence electrons. The van der Waals surface area contributed by atoms with Crippen molar-refractivity contribution >= 4 is 65.4 Å². The monoisotopic (exact) mass is 953 g/mol. The van der Waals surface area contributed by atoms with Gasteiger partial charge in [0.05, 0.1) is 33.1 Å². The van der Waals surface area contributed by atoms with Crippen LogP contribution in [0.2, 0.25) is 0 Å². The topological polar surface area (TPSA) is 53.5 Å². The Kier molecular flexibility index (Phi) is 10.4. The van der Waals surface area contributed by atoms with E-state index in [2.05, 4.69) is 230 Å². The zero-order chi connectivity index (χ0) is 50.9. The Morgan fingerprint density at radius 3 is 0.849 bits per heavy atom. The molecule has 6 nitrogen and oxygen atoms in total. The average Bonchev–Trinajstić information content (AvgIpc) is 3.99. The van der Waals surface area contributed by atoms with Gasteiger partial charge < -0.3 is 9.13 Å². The summed E-state index contributed by atoms with van der Waals surface area (Å²) in [7, 11) is 0. The van der Waals surface area contributed by atoms with Gasteiger partial charge in [-0.05, 0) is 129 Å². The summed E-state index contributed by atoms with van der Waals surface area (Å²) >= 11 is 0. The SMILES string of the molecule is CC(C)(C)c1ccc2c(c1)c1cc(C(C)(C)C)ccc1n2-c1ccc2c(c1)c1cc(-n3c4ccc(C(C)(C)C)cc4c4cc(C(C)(C)C)ccc43)ccc1n2-c1nc(-c2ccccc2)nc(-c2ccccc2)n1. The molecule has 0 N–H and O–H groups in total. The van der Waals surface area contributed by atoms with Crippen molar-refractivity contribution in [2.75, 3.05) is 0 Å². The molecule has 0 saturated heterocycles. The predicted molar refractivity (Wildman–Crippen MR) is 309 cm³/mol. The maximum absolute atomic E-state index is 5.32. The van der Waals surface area contributed by atoms with E-state index < -0.39 is 0 Å². The van der Waals surface area contributed by atoms with E-state index in [9.17, 15) is 0 Å². The Bertz CT molecular complexity index is 3750. The molecule has 0 unspecified atom stereocenters. The lowest BCUT2D eigenvalue weighted by molar-refractivity contribution is 0.590. The van der Waals surface area contributed by atoms with E-state index in [1.807, 2.05) is 36.4 Å². The number of benzene rings is 8. The second-order valence-electron chi connectivity index (χ2n) is 24.4. The Morgan fingerprint density at radius 1 is 0.274 bits per heavy atom. The van der Waals surface area contributed by atoms with E-state index >= 15 is 0 Å². The highest BCUT2D eigenvalue weighted by molar-refractivity contribution is 6.14. The lowest BCUT2D eigenvalue weighted by Gasteiger charge is -2.19. The van der Waals surface area contributed by atoms with Crippen molar-refractivity contribution in [1.82, 2.24) is 28.7 Å². The van der Waals surface area contributed by atoms with Crippen molar-refractivity contribution in [3.63, 3.8) is 0 Å². The summed E-state index contributed by atoms with van der Waals surface area (Å²) in [6.07, 6.45) is 0. The van der Waals surface area contributed by atoms with Gasteiger partial charge >= 0.3 is 0 Å². The van der Waals surface area contributed by atoms with Crippen LogP contribution in [0.1, 0.15) is 105 Å². The van der Waals surface area contributed by atoms with Crippen molar-refractivity contribution in [3.8, 4) is 40.1 Å². The van der Waals surface area contributed by atoms with Crippen LogP contribution in [0.3, 0.4) is 0 Å². The predicted octanol–water partition coefficient (Wildman–Crippen LogP) is 17.7. The van der Waals surface area contributed by atoms with Crippen LogP contribution >= 0.6 is 0 Å². The molecule has 0 aliphatic heterocycles. The summed E-state index contributed by atoms with van der Waals surface area (Å²) in [5, 5.41) is 7.27. The second kappa shape index (κ2) is 16.3. The van der Waals surface area contributed by atoms with E-state index in [4.69, 9.17) is 15.0 Å². The van der Waals surface area contributed by atoms with Gasteiger partial charge in [-0.1, -0.05) is 168 Å². The molecule has 0 spiro atoms. The smallest absolute Gasteiger partial charge is 0.238 e. The van der Waals surface area contributed by atoms with Gasteiger partial charge in [-0.3, -0.25) is 4.57 Å². The minimum atomic E-state index is -0.00138. The number of hydrogen-bond donors (Lipinski definition) is 0. The van der Waals surface area contributed by atoms with Gasteiger partial charge in [-0.25, -0.2) is 4.98 Å². The van der Waals surface area contributed by atoms with Crippen LogP contribution < -0.4 is 0 Å². The van der Waals surface area contributed by atoms with Gasteiger partial charge in [0.25, 0.3) is 0 Å². The van der Waals surface area contributed by atoms with Gasteiger partial charge in [-0.2, -0.15) is 9.97 Å². The molecular formula is C67H64N6. The van der Waals surface area contributed by atoms with E-state index in [0.29, 0.717) is 17.6 Å². The van der Waals surface area contributed by atoms with E-state index in [1.54, 1.807) is 0 Å². The highest BCUT2D eigenvalue weighted by atomic mass is 15.2. The fourth-order valence-corrected chi connectivity index (χ4v) is 10.9. The molecule has 0 amide bonds. The maximum Gasteiger partial charge on any atom is 0.238 e. The molecule has 12 rings (SSSR count). The Hall–Kier alpha value is -7.83. The molecule has 4 heterocycles. The highest BCUT2D eigenvalue weighted by Crippen LogP contribution is 2.43. The van der Waals surface area contributed by atoms with Crippen molar-refractivity contribution in [2.45, 2.75) is 105 Å². The Balaban J connectivity index is 1.17. The largest absolute Gasteiger partial charge is 0.309 e. The summed E-state index contributed by atoms with van der Waals surface area (Å²) < 4.78 is 7.17. The zero-order valence-corrected chi connectivity index (χ0v) is 44.3. The second-order valence-corrected chi connectivity index (χ2v) is 24.4. The van der Waals surface area contributed by atoms with Crippen molar-refractivity contribution in [2.24, 2.45) is 0 Å². The van der Waals surface area contributed by atoms with Crippen LogP contribution in [-0.2, 0) is 21.7 Å². The first-order valence-corrected chi connectivity index (χ1v) is 25.9. The third-order valence-electron chi connectivity index (χ3n) is 15.1. The quantitative estimate of drug-likeness (QED) is 0.173. The Morgan fingerprint density at radius 2 is 0.548 bits per heavy atom. The van der Waals surface area contributed by atoms with Gasteiger partial charge in [-0.15, -0.1) is 0 Å². The van der Waals surface area contributed by atoms with Gasteiger partial charge in [0.2, 0.25) is 5.95 Å². The van der Waals surface area contributed by atoms with Crippen molar-refractivity contribution < 1.29 is 0 Å². The molecule has 0 radical (unpaired) electrons. The highest BCUT2D eigenvalue weighted by Gasteiger charge is 2.26. The van der Waals surface area contributed by atoms with Crippen molar-refractivity contribution in [3.05, 3.63) is 192 Å². The van der Waals surface area contributed by atoms with Crippen LogP contribution in [0.15, 0.2) is 170 Å². The third kappa shape index (κ3) is 7.81. The molecule has 12 aromatic rings. The molecule has 0 fully saturated rings. The van der Waals surface area contributed by atoms with Gasteiger partial charge in [0, 0.05) is 54.8 Å². The van der Waals surface area contributed by atoms with Crippen molar-refractivity contribution in [1.29, 1.82) is 0 Å². The molecule has 4 aromatic heterocycles. The van der Waals surface area contributed by atoms with E-state index in [0.717, 1.165) is 44.3 Å². The summed E-state index contributed by atoms with van der Waals surface area (Å²) in [6, 6.07) is 62.6. The Labute approximate surface area is 429 Å².